The lowest BCUT2D eigenvalue weighted by Crippen LogP contribution is -2.33. The second-order valence-electron chi connectivity index (χ2n) is 8.40. The van der Waals surface area contributed by atoms with Crippen LogP contribution >= 0.6 is 11.3 Å². The minimum atomic E-state index is -0.0324. The van der Waals surface area contributed by atoms with E-state index in [-0.39, 0.29) is 5.91 Å². The van der Waals surface area contributed by atoms with Crippen LogP contribution in [0.15, 0.2) is 73.6 Å². The summed E-state index contributed by atoms with van der Waals surface area (Å²) < 4.78 is 2.29. The molecule has 4 heterocycles. The molecule has 1 N–H and O–H groups in total. The third-order valence-corrected chi connectivity index (χ3v) is 6.94. The van der Waals surface area contributed by atoms with Crippen LogP contribution in [0.3, 0.4) is 0 Å². The van der Waals surface area contributed by atoms with Gasteiger partial charge in [-0.25, -0.2) is 9.97 Å². The number of amides is 1. The van der Waals surface area contributed by atoms with Gasteiger partial charge >= 0.3 is 0 Å². The lowest BCUT2D eigenvalue weighted by atomic mass is 10.0. The van der Waals surface area contributed by atoms with Gasteiger partial charge in [-0.15, -0.1) is 11.3 Å². The Labute approximate surface area is 203 Å². The topological polar surface area (TPSA) is 63.1 Å². The Kier molecular flexibility index (Phi) is 6.27. The number of nitrogens with one attached hydrogen (secondary N) is 1. The summed E-state index contributed by atoms with van der Waals surface area (Å²) in [5, 5.41) is 5.36. The van der Waals surface area contributed by atoms with Crippen molar-refractivity contribution < 1.29 is 4.79 Å². The molecule has 0 radical (unpaired) electrons. The van der Waals surface area contributed by atoms with E-state index >= 15 is 0 Å². The second kappa shape index (κ2) is 9.65. The lowest BCUT2D eigenvalue weighted by Gasteiger charge is -2.25. The third kappa shape index (κ3) is 4.65. The molecule has 172 valence electrons. The normalized spacial score (nSPS) is 13.7. The molecular formula is C27H27N5OS. The molecule has 4 aromatic rings. The fourth-order valence-corrected chi connectivity index (χ4v) is 4.99. The zero-order valence-electron chi connectivity index (χ0n) is 19.2. The number of aromatic nitrogens is 3. The van der Waals surface area contributed by atoms with Crippen LogP contribution in [0, 0.1) is 6.92 Å². The van der Waals surface area contributed by atoms with Crippen molar-refractivity contribution in [1.82, 2.24) is 19.4 Å². The number of pyridine rings is 1. The van der Waals surface area contributed by atoms with Gasteiger partial charge in [0.15, 0.2) is 5.13 Å². The van der Waals surface area contributed by atoms with Gasteiger partial charge in [-0.2, -0.15) is 0 Å². The smallest absolute Gasteiger partial charge is 0.246 e. The Bertz CT molecular complexity index is 1370. The number of fused-ring (bicyclic) bond motifs is 1. The van der Waals surface area contributed by atoms with E-state index in [9.17, 15) is 4.79 Å². The summed E-state index contributed by atoms with van der Waals surface area (Å²) in [6.07, 6.45) is 9.22. The van der Waals surface area contributed by atoms with Crippen LogP contribution in [0.4, 0.5) is 10.9 Å². The predicted octanol–water partition coefficient (Wildman–Crippen LogP) is 5.59. The summed E-state index contributed by atoms with van der Waals surface area (Å²) in [7, 11) is 0. The average molecular weight is 470 g/mol. The van der Waals surface area contributed by atoms with Crippen molar-refractivity contribution in [2.45, 2.75) is 26.3 Å². The molecule has 0 bridgehead atoms. The standard InChI is InChI=1S/C27H27N5OS/c1-3-25(33)32-14-10-21(11-15-32)26-22-12-16-31(13-9-20-7-5-4-6-8-20)23(22)17-24(29-26)30-27-28-18-19(2)34-27/h3-8,10,12,16-18H,1,9,11,13-15H2,2H3,(H,28,29,30). The number of hydrogen-bond donors (Lipinski definition) is 1. The summed E-state index contributed by atoms with van der Waals surface area (Å²) in [4.78, 5) is 24.4. The molecule has 0 atom stereocenters. The molecule has 34 heavy (non-hydrogen) atoms. The molecule has 0 fully saturated rings. The van der Waals surface area contributed by atoms with Crippen LogP contribution in [0.1, 0.15) is 22.6 Å². The Morgan fingerprint density at radius 3 is 2.82 bits per heavy atom. The third-order valence-electron chi connectivity index (χ3n) is 6.11. The Balaban J connectivity index is 1.51. The minimum absolute atomic E-state index is 0.0324. The Morgan fingerprint density at radius 2 is 2.12 bits per heavy atom. The highest BCUT2D eigenvalue weighted by Gasteiger charge is 2.20. The number of aryl methyl sites for hydroxylation is 3. The first kappa shape index (κ1) is 22.1. The number of thiazole rings is 1. The summed E-state index contributed by atoms with van der Waals surface area (Å²) >= 11 is 1.61. The predicted molar refractivity (Wildman–Crippen MR) is 139 cm³/mol. The van der Waals surface area contributed by atoms with Crippen LogP contribution in [0.5, 0.6) is 0 Å². The maximum atomic E-state index is 12.0. The maximum Gasteiger partial charge on any atom is 0.246 e. The van der Waals surface area contributed by atoms with E-state index in [4.69, 9.17) is 4.98 Å². The number of anilines is 2. The first-order chi connectivity index (χ1) is 16.6. The van der Waals surface area contributed by atoms with Crippen molar-refractivity contribution in [2.24, 2.45) is 0 Å². The Morgan fingerprint density at radius 1 is 1.26 bits per heavy atom. The maximum absolute atomic E-state index is 12.0. The van der Waals surface area contributed by atoms with Gasteiger partial charge in [0.1, 0.15) is 5.82 Å². The van der Waals surface area contributed by atoms with Crippen LogP contribution in [0.2, 0.25) is 0 Å². The fourth-order valence-electron chi connectivity index (χ4n) is 4.32. The average Bonchev–Trinajstić information content (AvgIpc) is 3.48. The SMILES string of the molecule is C=CC(=O)N1CC=C(c2nc(Nc3ncc(C)s3)cc3c2ccn3CCc2ccccc2)CC1. The van der Waals surface area contributed by atoms with Gasteiger partial charge in [0.2, 0.25) is 5.91 Å². The summed E-state index contributed by atoms with van der Waals surface area (Å²) in [6.45, 7) is 7.77. The first-order valence-electron chi connectivity index (χ1n) is 11.4. The summed E-state index contributed by atoms with van der Waals surface area (Å²) in [5.74, 6) is 0.747. The molecule has 1 aliphatic rings. The van der Waals surface area contributed by atoms with Crippen molar-refractivity contribution in [3.8, 4) is 0 Å². The van der Waals surface area contributed by atoms with E-state index < -0.39 is 0 Å². The highest BCUT2D eigenvalue weighted by Crippen LogP contribution is 2.32. The molecule has 0 saturated heterocycles. The van der Waals surface area contributed by atoms with Crippen molar-refractivity contribution in [3.63, 3.8) is 0 Å². The van der Waals surface area contributed by atoms with E-state index in [1.165, 1.54) is 11.6 Å². The van der Waals surface area contributed by atoms with Gasteiger partial charge in [-0.05, 0) is 43.0 Å². The Hall–Kier alpha value is -3.71. The zero-order valence-corrected chi connectivity index (χ0v) is 20.0. The lowest BCUT2D eigenvalue weighted by molar-refractivity contribution is -0.125. The van der Waals surface area contributed by atoms with Gasteiger partial charge in [-0.3, -0.25) is 4.79 Å². The highest BCUT2D eigenvalue weighted by atomic mass is 32.1. The summed E-state index contributed by atoms with van der Waals surface area (Å²) in [6, 6.07) is 14.8. The van der Waals surface area contributed by atoms with Gasteiger partial charge in [0.05, 0.1) is 11.2 Å². The molecule has 1 aliphatic heterocycles. The molecule has 6 nitrogen and oxygen atoms in total. The zero-order chi connectivity index (χ0) is 23.5. The van der Waals surface area contributed by atoms with E-state index in [0.29, 0.717) is 13.1 Å². The molecule has 0 aliphatic carbocycles. The minimum Gasteiger partial charge on any atom is -0.347 e. The van der Waals surface area contributed by atoms with Crippen molar-refractivity contribution in [2.75, 3.05) is 18.4 Å². The van der Waals surface area contributed by atoms with Crippen LogP contribution in [-0.2, 0) is 17.8 Å². The highest BCUT2D eigenvalue weighted by molar-refractivity contribution is 7.15. The number of carbonyl (C=O) groups is 1. The van der Waals surface area contributed by atoms with Gasteiger partial charge in [0, 0.05) is 48.4 Å². The van der Waals surface area contributed by atoms with Crippen molar-refractivity contribution >= 4 is 44.7 Å². The van der Waals surface area contributed by atoms with Crippen molar-refractivity contribution in [1.29, 1.82) is 0 Å². The first-order valence-corrected chi connectivity index (χ1v) is 12.3. The van der Waals surface area contributed by atoms with Crippen molar-refractivity contribution in [3.05, 3.63) is 89.7 Å². The second-order valence-corrected chi connectivity index (χ2v) is 9.64. The van der Waals surface area contributed by atoms with Crippen LogP contribution < -0.4 is 5.32 Å². The van der Waals surface area contributed by atoms with Gasteiger partial charge in [-0.1, -0.05) is 43.0 Å². The quantitative estimate of drug-likeness (QED) is 0.359. The molecule has 3 aromatic heterocycles. The molecule has 0 unspecified atom stereocenters. The number of hydrogen-bond acceptors (Lipinski definition) is 5. The number of benzene rings is 1. The van der Waals surface area contributed by atoms with Gasteiger partial charge < -0.3 is 14.8 Å². The molecule has 1 aromatic carbocycles. The van der Waals surface area contributed by atoms with E-state index in [2.05, 4.69) is 70.1 Å². The van der Waals surface area contributed by atoms with Gasteiger partial charge in [0.25, 0.3) is 0 Å². The molecule has 1 amide bonds. The number of nitrogens with zero attached hydrogens (tertiary/aromatic N) is 4. The fraction of sp³-hybridized carbons (Fsp3) is 0.222. The summed E-state index contributed by atoms with van der Waals surface area (Å²) in [5.41, 5.74) is 4.59. The van der Waals surface area contributed by atoms with E-state index in [0.717, 1.165) is 57.4 Å². The molecule has 0 spiro atoms. The largest absolute Gasteiger partial charge is 0.347 e. The molecule has 0 saturated carbocycles. The van der Waals surface area contributed by atoms with E-state index in [1.807, 2.05) is 19.2 Å². The number of carbonyl (C=O) groups excluding carboxylic acids is 1. The van der Waals surface area contributed by atoms with E-state index in [1.54, 1.807) is 16.2 Å². The number of rotatable bonds is 7. The monoisotopic (exact) mass is 469 g/mol. The van der Waals surface area contributed by atoms with Crippen LogP contribution in [0.25, 0.3) is 16.5 Å². The molecular weight excluding hydrogens is 442 g/mol. The molecule has 7 heteroatoms. The molecule has 5 rings (SSSR count). The van der Waals surface area contributed by atoms with Crippen LogP contribution in [-0.4, -0.2) is 38.4 Å².